The predicted molar refractivity (Wildman–Crippen MR) is 60.0 cm³/mol. The van der Waals surface area contributed by atoms with Crippen LogP contribution in [-0.2, 0) is 14.2 Å². The minimum Gasteiger partial charge on any atom is -0.493 e. The largest absolute Gasteiger partial charge is 0.493 e. The van der Waals surface area contributed by atoms with Crippen molar-refractivity contribution >= 4 is 0 Å². The zero-order valence-electron chi connectivity index (χ0n) is 9.23. The van der Waals surface area contributed by atoms with Crippen molar-refractivity contribution in [2.75, 3.05) is 6.61 Å². The molecule has 4 heteroatoms. The maximum atomic E-state index is 9.82. The summed E-state index contributed by atoms with van der Waals surface area (Å²) in [7, 11) is 0. The Hall–Kier alpha value is -1.36. The van der Waals surface area contributed by atoms with Gasteiger partial charge >= 0.3 is 0 Å². The van der Waals surface area contributed by atoms with Gasteiger partial charge in [0.15, 0.2) is 12.4 Å². The lowest BCUT2D eigenvalue weighted by atomic mass is 10.0. The minimum atomic E-state index is -0.635. The predicted octanol–water partition coefficient (Wildman–Crippen LogP) is 1.37. The highest BCUT2D eigenvalue weighted by molar-refractivity contribution is 5.16. The molecule has 1 aromatic rings. The van der Waals surface area contributed by atoms with Gasteiger partial charge in [-0.05, 0) is 6.08 Å². The second kappa shape index (κ2) is 4.49. The smallest absolute Gasteiger partial charge is 0.184 e. The van der Waals surface area contributed by atoms with Crippen LogP contribution in [0.4, 0.5) is 0 Å². The van der Waals surface area contributed by atoms with Crippen molar-refractivity contribution < 1.29 is 19.3 Å². The average Bonchev–Trinajstić information content (AvgIpc) is 2.40. The molecule has 1 saturated heterocycles. The van der Waals surface area contributed by atoms with E-state index in [0.29, 0.717) is 6.61 Å². The Morgan fingerprint density at radius 3 is 2.82 bits per heavy atom. The fourth-order valence-electron chi connectivity index (χ4n) is 2.09. The summed E-state index contributed by atoms with van der Waals surface area (Å²) in [5.74, 6) is 0. The van der Waals surface area contributed by atoms with Gasteiger partial charge in [0.1, 0.15) is 12.2 Å². The highest BCUT2D eigenvalue weighted by Crippen LogP contribution is 2.30. The van der Waals surface area contributed by atoms with E-state index in [2.05, 4.69) is 0 Å². The Bertz CT molecular complexity index is 403. The number of hydrogen-bond acceptors (Lipinski definition) is 4. The van der Waals surface area contributed by atoms with Crippen molar-refractivity contribution in [3.8, 4) is 0 Å². The summed E-state index contributed by atoms with van der Waals surface area (Å²) in [4.78, 5) is 0. The van der Waals surface area contributed by atoms with E-state index in [1.54, 1.807) is 6.08 Å². The lowest BCUT2D eigenvalue weighted by molar-refractivity contribution is -0.276. The second-order valence-corrected chi connectivity index (χ2v) is 4.17. The first-order chi connectivity index (χ1) is 8.34. The molecule has 2 heterocycles. The molecule has 4 nitrogen and oxygen atoms in total. The number of hydrogen-bond donors (Lipinski definition) is 1. The first kappa shape index (κ1) is 10.8. The van der Waals surface area contributed by atoms with Crippen molar-refractivity contribution in [2.24, 2.45) is 0 Å². The molecule has 0 saturated carbocycles. The summed E-state index contributed by atoms with van der Waals surface area (Å²) in [6.45, 7) is 0.422. The Morgan fingerprint density at radius 2 is 2.00 bits per heavy atom. The van der Waals surface area contributed by atoms with Gasteiger partial charge in [-0.1, -0.05) is 30.3 Å². The fraction of sp³-hybridized carbons (Fsp3) is 0.385. The molecule has 2 aliphatic heterocycles. The van der Waals surface area contributed by atoms with Gasteiger partial charge in [-0.2, -0.15) is 0 Å². The molecule has 2 aliphatic rings. The van der Waals surface area contributed by atoms with Gasteiger partial charge < -0.3 is 19.3 Å². The maximum Gasteiger partial charge on any atom is 0.184 e. The molecule has 0 unspecified atom stereocenters. The van der Waals surface area contributed by atoms with E-state index in [-0.39, 0.29) is 12.2 Å². The number of aliphatic hydroxyl groups is 1. The fourth-order valence-corrected chi connectivity index (χ4v) is 2.09. The average molecular weight is 234 g/mol. The number of ether oxygens (including phenoxy) is 3. The van der Waals surface area contributed by atoms with Gasteiger partial charge in [0, 0.05) is 5.56 Å². The molecule has 1 N–H and O–H groups in total. The van der Waals surface area contributed by atoms with Crippen molar-refractivity contribution in [3.05, 3.63) is 48.2 Å². The Labute approximate surface area is 99.4 Å². The van der Waals surface area contributed by atoms with E-state index in [0.717, 1.165) is 5.56 Å². The van der Waals surface area contributed by atoms with Crippen LogP contribution in [0.5, 0.6) is 0 Å². The lowest BCUT2D eigenvalue weighted by Crippen LogP contribution is -2.49. The topological polar surface area (TPSA) is 47.9 Å². The van der Waals surface area contributed by atoms with Gasteiger partial charge in [0.05, 0.1) is 12.9 Å². The molecular weight excluding hydrogens is 220 g/mol. The first-order valence-electron chi connectivity index (χ1n) is 5.67. The van der Waals surface area contributed by atoms with Crippen LogP contribution in [0.25, 0.3) is 0 Å². The van der Waals surface area contributed by atoms with Crippen LogP contribution in [-0.4, -0.2) is 30.0 Å². The molecule has 90 valence electrons. The van der Waals surface area contributed by atoms with Crippen molar-refractivity contribution in [2.45, 2.75) is 24.6 Å². The van der Waals surface area contributed by atoms with E-state index >= 15 is 0 Å². The third-order valence-electron chi connectivity index (χ3n) is 3.00. The molecule has 0 aliphatic carbocycles. The van der Waals surface area contributed by atoms with Crippen molar-refractivity contribution in [1.82, 2.24) is 0 Å². The molecule has 0 radical (unpaired) electrons. The van der Waals surface area contributed by atoms with E-state index in [4.69, 9.17) is 14.2 Å². The van der Waals surface area contributed by atoms with Gasteiger partial charge in [-0.15, -0.1) is 0 Å². The quantitative estimate of drug-likeness (QED) is 0.797. The van der Waals surface area contributed by atoms with E-state index in [1.165, 1.54) is 6.26 Å². The third-order valence-corrected chi connectivity index (χ3v) is 3.00. The van der Waals surface area contributed by atoms with Crippen molar-refractivity contribution in [1.29, 1.82) is 0 Å². The van der Waals surface area contributed by atoms with Crippen molar-refractivity contribution in [3.63, 3.8) is 0 Å². The summed E-state index contributed by atoms with van der Waals surface area (Å²) in [6.07, 6.45) is 1.44. The van der Waals surface area contributed by atoms with Crippen LogP contribution in [0.1, 0.15) is 11.9 Å². The standard InChI is InChI=1S/C13H14O4/c14-10-6-7-15-11-8-16-13(17-12(10)11)9-4-2-1-3-5-9/h1-7,10-14H,8H2/t10-,11+,12+,13+/m0/s1. The van der Waals surface area contributed by atoms with E-state index in [9.17, 15) is 5.11 Å². The molecule has 0 bridgehead atoms. The van der Waals surface area contributed by atoms with Gasteiger partial charge in [0.25, 0.3) is 0 Å². The molecule has 0 amide bonds. The van der Waals surface area contributed by atoms with Gasteiger partial charge in [0.2, 0.25) is 0 Å². The number of rotatable bonds is 1. The van der Waals surface area contributed by atoms with Crippen LogP contribution in [0.3, 0.4) is 0 Å². The third kappa shape index (κ3) is 2.07. The van der Waals surface area contributed by atoms with Gasteiger partial charge in [-0.3, -0.25) is 0 Å². The maximum absolute atomic E-state index is 9.82. The zero-order chi connectivity index (χ0) is 11.7. The monoisotopic (exact) mass is 234 g/mol. The van der Waals surface area contributed by atoms with Crippen LogP contribution < -0.4 is 0 Å². The SMILES string of the molecule is O[C@H]1C=CO[C@@H]2CO[C@@H](c3ccccc3)O[C@H]12. The summed E-state index contributed by atoms with van der Waals surface area (Å²) >= 11 is 0. The number of benzene rings is 1. The number of fused-ring (bicyclic) bond motifs is 1. The summed E-state index contributed by atoms with van der Waals surface area (Å²) in [5.41, 5.74) is 0.952. The molecule has 3 rings (SSSR count). The molecule has 1 fully saturated rings. The summed E-state index contributed by atoms with van der Waals surface area (Å²) < 4.78 is 16.7. The molecule has 0 aromatic heterocycles. The van der Waals surface area contributed by atoms with E-state index < -0.39 is 12.4 Å². The molecule has 1 aromatic carbocycles. The normalized spacial score (nSPS) is 36.1. The van der Waals surface area contributed by atoms with Gasteiger partial charge in [-0.25, -0.2) is 0 Å². The molecule has 0 spiro atoms. The Morgan fingerprint density at radius 1 is 1.18 bits per heavy atom. The van der Waals surface area contributed by atoms with Crippen LogP contribution in [0.15, 0.2) is 42.7 Å². The first-order valence-corrected chi connectivity index (χ1v) is 5.67. The highest BCUT2D eigenvalue weighted by atomic mass is 16.7. The Kier molecular flexibility index (Phi) is 2.84. The minimum absolute atomic E-state index is 0.227. The molecule has 17 heavy (non-hydrogen) atoms. The van der Waals surface area contributed by atoms with Crippen LogP contribution in [0.2, 0.25) is 0 Å². The van der Waals surface area contributed by atoms with E-state index in [1.807, 2.05) is 30.3 Å². The summed E-state index contributed by atoms with van der Waals surface area (Å²) in [5, 5.41) is 9.82. The summed E-state index contributed by atoms with van der Waals surface area (Å²) in [6, 6.07) is 9.69. The molecule has 4 atom stereocenters. The lowest BCUT2D eigenvalue weighted by Gasteiger charge is -2.39. The highest BCUT2D eigenvalue weighted by Gasteiger charge is 2.39. The molecular formula is C13H14O4. The zero-order valence-corrected chi connectivity index (χ0v) is 9.23. The number of aliphatic hydroxyl groups excluding tert-OH is 1. The van der Waals surface area contributed by atoms with Crippen LogP contribution in [0, 0.1) is 0 Å². The van der Waals surface area contributed by atoms with Crippen LogP contribution >= 0.6 is 0 Å². The second-order valence-electron chi connectivity index (χ2n) is 4.17. The Balaban J connectivity index is 1.77.